The van der Waals surface area contributed by atoms with Crippen LogP contribution in [0.1, 0.15) is 29.0 Å². The maximum absolute atomic E-state index is 11.8. The van der Waals surface area contributed by atoms with Gasteiger partial charge in [0.2, 0.25) is 0 Å². The molecule has 1 heterocycles. The second-order valence-corrected chi connectivity index (χ2v) is 6.23. The number of rotatable bonds is 6. The van der Waals surface area contributed by atoms with Gasteiger partial charge in [-0.25, -0.2) is 4.79 Å². The van der Waals surface area contributed by atoms with Crippen LogP contribution in [0, 0.1) is 13.8 Å². The van der Waals surface area contributed by atoms with E-state index in [0.29, 0.717) is 13.2 Å². The van der Waals surface area contributed by atoms with Crippen molar-refractivity contribution in [3.8, 4) is 5.75 Å². The molecule has 5 heteroatoms. The quantitative estimate of drug-likeness (QED) is 0.796. The number of nitrogens with one attached hydrogen (secondary N) is 2. The number of hydrogen-bond acceptors (Lipinski definition) is 3. The van der Waals surface area contributed by atoms with Crippen molar-refractivity contribution >= 4 is 17.4 Å². The van der Waals surface area contributed by atoms with Crippen molar-refractivity contribution in [2.75, 3.05) is 13.2 Å². The molecule has 1 aromatic heterocycles. The largest absolute Gasteiger partial charge is 0.491 e. The molecule has 2 amide bonds. The van der Waals surface area contributed by atoms with Gasteiger partial charge in [-0.2, -0.15) is 0 Å². The number of carbonyl (C=O) groups excluding carboxylic acids is 1. The molecule has 0 saturated carbocycles. The highest BCUT2D eigenvalue weighted by Gasteiger charge is 2.09. The lowest BCUT2D eigenvalue weighted by atomic mass is 10.1. The van der Waals surface area contributed by atoms with Crippen LogP contribution >= 0.6 is 11.3 Å². The summed E-state index contributed by atoms with van der Waals surface area (Å²) >= 11 is 1.63. The Bertz CT molecular complexity index is 611. The van der Waals surface area contributed by atoms with Gasteiger partial charge in [0.15, 0.2) is 0 Å². The summed E-state index contributed by atoms with van der Waals surface area (Å²) in [6.07, 6.45) is 0. The summed E-state index contributed by atoms with van der Waals surface area (Å²) in [4.78, 5) is 12.9. The first-order chi connectivity index (χ1) is 10.6. The minimum Gasteiger partial charge on any atom is -0.491 e. The van der Waals surface area contributed by atoms with E-state index >= 15 is 0 Å². The minimum atomic E-state index is -0.176. The van der Waals surface area contributed by atoms with Gasteiger partial charge in [-0.05, 0) is 43.8 Å². The second kappa shape index (κ2) is 7.84. The average molecular weight is 318 g/mol. The summed E-state index contributed by atoms with van der Waals surface area (Å²) < 4.78 is 5.68. The fourth-order valence-electron chi connectivity index (χ4n) is 2.14. The number of amides is 2. The van der Waals surface area contributed by atoms with Gasteiger partial charge in [-0.15, -0.1) is 11.3 Å². The van der Waals surface area contributed by atoms with E-state index in [-0.39, 0.29) is 12.1 Å². The Morgan fingerprint density at radius 2 is 2.14 bits per heavy atom. The molecule has 0 aliphatic heterocycles. The van der Waals surface area contributed by atoms with Crippen molar-refractivity contribution in [3.63, 3.8) is 0 Å². The highest BCUT2D eigenvalue weighted by molar-refractivity contribution is 7.10. The molecule has 2 aromatic rings. The molecule has 4 nitrogen and oxygen atoms in total. The van der Waals surface area contributed by atoms with Crippen molar-refractivity contribution in [1.82, 2.24) is 10.6 Å². The van der Waals surface area contributed by atoms with E-state index in [1.807, 2.05) is 43.5 Å². The van der Waals surface area contributed by atoms with Crippen molar-refractivity contribution < 1.29 is 9.53 Å². The van der Waals surface area contributed by atoms with Gasteiger partial charge in [0, 0.05) is 4.88 Å². The van der Waals surface area contributed by atoms with Crippen molar-refractivity contribution in [2.45, 2.75) is 26.8 Å². The Kier molecular flexibility index (Phi) is 5.83. The predicted octanol–water partition coefficient (Wildman–Crippen LogP) is 3.80. The number of thiophene rings is 1. The Balaban J connectivity index is 1.69. The normalized spacial score (nSPS) is 11.8. The monoisotopic (exact) mass is 318 g/mol. The lowest BCUT2D eigenvalue weighted by Gasteiger charge is -2.14. The molecule has 0 radical (unpaired) electrons. The molecule has 118 valence electrons. The number of aryl methyl sites for hydroxylation is 2. The third-order valence-corrected chi connectivity index (χ3v) is 4.35. The molecule has 1 atom stereocenters. The summed E-state index contributed by atoms with van der Waals surface area (Å²) in [6, 6.07) is 9.89. The molecule has 0 spiro atoms. The summed E-state index contributed by atoms with van der Waals surface area (Å²) in [6.45, 7) is 6.96. The van der Waals surface area contributed by atoms with Crippen molar-refractivity contribution in [2.24, 2.45) is 0 Å². The minimum absolute atomic E-state index is 0.0141. The molecule has 22 heavy (non-hydrogen) atoms. The van der Waals surface area contributed by atoms with Crippen LogP contribution in [0.5, 0.6) is 5.75 Å². The van der Waals surface area contributed by atoms with Gasteiger partial charge in [-0.1, -0.05) is 23.8 Å². The van der Waals surface area contributed by atoms with Gasteiger partial charge in [0.1, 0.15) is 12.4 Å². The first kappa shape index (κ1) is 16.4. The number of carbonyl (C=O) groups is 1. The molecule has 2 rings (SSSR count). The Morgan fingerprint density at radius 1 is 1.32 bits per heavy atom. The molecular formula is C17H22N2O2S. The molecule has 0 bridgehead atoms. The van der Waals surface area contributed by atoms with Crippen LogP contribution in [0.2, 0.25) is 0 Å². The first-order valence-electron chi connectivity index (χ1n) is 7.34. The van der Waals surface area contributed by atoms with Crippen LogP contribution in [-0.4, -0.2) is 19.2 Å². The van der Waals surface area contributed by atoms with Crippen LogP contribution < -0.4 is 15.4 Å². The van der Waals surface area contributed by atoms with Crippen LogP contribution in [-0.2, 0) is 0 Å². The van der Waals surface area contributed by atoms with Crippen LogP contribution in [0.25, 0.3) is 0 Å². The summed E-state index contributed by atoms with van der Waals surface area (Å²) in [7, 11) is 0. The van der Waals surface area contributed by atoms with Crippen molar-refractivity contribution in [1.29, 1.82) is 0 Å². The molecule has 0 aliphatic rings. The molecule has 0 fully saturated rings. The summed E-state index contributed by atoms with van der Waals surface area (Å²) in [5.41, 5.74) is 2.32. The first-order valence-corrected chi connectivity index (χ1v) is 8.22. The SMILES string of the molecule is Cc1ccc(OCCNC(=O)N[C@@H](C)c2cccs2)c(C)c1. The molecule has 0 unspecified atom stereocenters. The Hall–Kier alpha value is -2.01. The maximum atomic E-state index is 11.8. The summed E-state index contributed by atoms with van der Waals surface area (Å²) in [5, 5.41) is 7.71. The van der Waals surface area contributed by atoms with Crippen molar-refractivity contribution in [3.05, 3.63) is 51.7 Å². The standard InChI is InChI=1S/C17H22N2O2S/c1-12-6-7-15(13(2)11-12)21-9-8-18-17(20)19-14(3)16-5-4-10-22-16/h4-7,10-11,14H,8-9H2,1-3H3,(H2,18,19,20)/t14-/m0/s1. The maximum Gasteiger partial charge on any atom is 0.315 e. The third kappa shape index (κ3) is 4.77. The van der Waals surface area contributed by atoms with Gasteiger partial charge in [-0.3, -0.25) is 0 Å². The van der Waals surface area contributed by atoms with E-state index in [0.717, 1.165) is 16.2 Å². The Morgan fingerprint density at radius 3 is 2.82 bits per heavy atom. The van der Waals surface area contributed by atoms with E-state index in [9.17, 15) is 4.79 Å². The number of benzene rings is 1. The van der Waals surface area contributed by atoms with E-state index in [2.05, 4.69) is 23.6 Å². The fraction of sp³-hybridized carbons (Fsp3) is 0.353. The van der Waals surface area contributed by atoms with E-state index in [4.69, 9.17) is 4.74 Å². The fourth-order valence-corrected chi connectivity index (χ4v) is 2.88. The molecular weight excluding hydrogens is 296 g/mol. The third-order valence-electron chi connectivity index (χ3n) is 3.29. The zero-order chi connectivity index (χ0) is 15.9. The van der Waals surface area contributed by atoms with E-state index in [1.54, 1.807) is 11.3 Å². The van der Waals surface area contributed by atoms with Gasteiger partial charge in [0.25, 0.3) is 0 Å². The lowest BCUT2D eigenvalue weighted by molar-refractivity contribution is 0.233. The number of hydrogen-bond donors (Lipinski definition) is 2. The molecule has 0 aliphatic carbocycles. The summed E-state index contributed by atoms with van der Waals surface area (Å²) in [5.74, 6) is 0.861. The van der Waals surface area contributed by atoms with Gasteiger partial charge < -0.3 is 15.4 Å². The molecule has 0 saturated heterocycles. The molecule has 2 N–H and O–H groups in total. The zero-order valence-corrected chi connectivity index (χ0v) is 14.0. The second-order valence-electron chi connectivity index (χ2n) is 5.25. The van der Waals surface area contributed by atoms with Crippen LogP contribution in [0.4, 0.5) is 4.79 Å². The highest BCUT2D eigenvalue weighted by Crippen LogP contribution is 2.19. The van der Waals surface area contributed by atoms with Crippen LogP contribution in [0.3, 0.4) is 0 Å². The van der Waals surface area contributed by atoms with Gasteiger partial charge in [0.05, 0.1) is 12.6 Å². The predicted molar refractivity (Wildman–Crippen MR) is 90.7 cm³/mol. The van der Waals surface area contributed by atoms with Gasteiger partial charge >= 0.3 is 6.03 Å². The lowest BCUT2D eigenvalue weighted by Crippen LogP contribution is -2.38. The highest BCUT2D eigenvalue weighted by atomic mass is 32.1. The zero-order valence-electron chi connectivity index (χ0n) is 13.2. The van der Waals surface area contributed by atoms with Crippen LogP contribution in [0.15, 0.2) is 35.7 Å². The molecule has 1 aromatic carbocycles. The van der Waals surface area contributed by atoms with E-state index < -0.39 is 0 Å². The topological polar surface area (TPSA) is 50.4 Å². The van der Waals surface area contributed by atoms with E-state index in [1.165, 1.54) is 5.56 Å². The smallest absolute Gasteiger partial charge is 0.315 e. The average Bonchev–Trinajstić information content (AvgIpc) is 2.99. The Labute approximate surface area is 135 Å². The number of urea groups is 1. The number of ether oxygens (including phenoxy) is 1.